The van der Waals surface area contributed by atoms with E-state index in [-0.39, 0.29) is 18.2 Å². The van der Waals surface area contributed by atoms with Crippen molar-refractivity contribution in [2.45, 2.75) is 77.0 Å². The summed E-state index contributed by atoms with van der Waals surface area (Å²) < 4.78 is 5.53. The van der Waals surface area contributed by atoms with E-state index in [0.29, 0.717) is 12.3 Å². The number of amides is 1. The van der Waals surface area contributed by atoms with Gasteiger partial charge in [-0.2, -0.15) is 0 Å². The molecule has 2 saturated carbocycles. The van der Waals surface area contributed by atoms with Crippen molar-refractivity contribution >= 4 is 12.4 Å². The molecule has 19 heavy (non-hydrogen) atoms. The van der Waals surface area contributed by atoms with Crippen LogP contribution in [0.25, 0.3) is 0 Å². The van der Waals surface area contributed by atoms with Gasteiger partial charge >= 0.3 is 6.09 Å². The van der Waals surface area contributed by atoms with E-state index in [9.17, 15) is 9.59 Å². The fraction of sp³-hybridized carbons (Fsp3) is 0.867. The topological polar surface area (TPSA) is 46.6 Å². The van der Waals surface area contributed by atoms with Crippen LogP contribution in [-0.4, -0.2) is 35.0 Å². The summed E-state index contributed by atoms with van der Waals surface area (Å²) in [6, 6.07) is 0.332. The highest BCUT2D eigenvalue weighted by atomic mass is 16.6. The molecule has 0 saturated heterocycles. The Balaban J connectivity index is 2.09. The summed E-state index contributed by atoms with van der Waals surface area (Å²) in [5.41, 5.74) is -0.478. The lowest BCUT2D eigenvalue weighted by atomic mass is 9.89. The molecule has 0 radical (unpaired) electrons. The van der Waals surface area contributed by atoms with Crippen LogP contribution in [-0.2, 0) is 9.53 Å². The number of nitrogens with zero attached hydrogens (tertiary/aromatic N) is 1. The average Bonchev–Trinajstić information content (AvgIpc) is 3.01. The fourth-order valence-corrected chi connectivity index (χ4v) is 2.65. The average molecular weight is 267 g/mol. The molecular weight excluding hydrogens is 242 g/mol. The molecule has 1 amide bonds. The largest absolute Gasteiger partial charge is 0.444 e. The van der Waals surface area contributed by atoms with E-state index in [4.69, 9.17) is 4.74 Å². The highest BCUT2D eigenvalue weighted by molar-refractivity contribution is 5.70. The summed E-state index contributed by atoms with van der Waals surface area (Å²) in [6.45, 7) is 5.65. The van der Waals surface area contributed by atoms with Crippen molar-refractivity contribution in [1.29, 1.82) is 0 Å². The number of carbonyl (C=O) groups is 2. The Labute approximate surface area is 115 Å². The molecule has 0 aromatic rings. The minimum absolute atomic E-state index is 0.0534. The van der Waals surface area contributed by atoms with Crippen molar-refractivity contribution < 1.29 is 14.3 Å². The fourth-order valence-electron chi connectivity index (χ4n) is 2.65. The first-order chi connectivity index (χ1) is 8.92. The van der Waals surface area contributed by atoms with Gasteiger partial charge in [-0.05, 0) is 58.8 Å². The van der Waals surface area contributed by atoms with Crippen LogP contribution in [0.4, 0.5) is 4.79 Å². The first-order valence-corrected chi connectivity index (χ1v) is 7.37. The molecule has 4 nitrogen and oxygen atoms in total. The van der Waals surface area contributed by atoms with Crippen LogP contribution in [0.2, 0.25) is 0 Å². The normalized spacial score (nSPS) is 21.4. The van der Waals surface area contributed by atoms with Gasteiger partial charge in [0.15, 0.2) is 0 Å². The van der Waals surface area contributed by atoms with Crippen LogP contribution >= 0.6 is 0 Å². The van der Waals surface area contributed by atoms with Gasteiger partial charge in [-0.25, -0.2) is 4.79 Å². The second-order valence-corrected chi connectivity index (χ2v) is 6.78. The molecule has 4 heteroatoms. The molecular formula is C15H25NO3. The molecule has 0 aromatic heterocycles. The maximum absolute atomic E-state index is 12.4. The van der Waals surface area contributed by atoms with E-state index in [1.807, 2.05) is 25.7 Å². The van der Waals surface area contributed by atoms with E-state index in [0.717, 1.165) is 32.0 Å². The van der Waals surface area contributed by atoms with E-state index < -0.39 is 5.60 Å². The Morgan fingerprint density at radius 3 is 2.32 bits per heavy atom. The number of hydrogen-bond acceptors (Lipinski definition) is 3. The monoisotopic (exact) mass is 267 g/mol. The molecule has 108 valence electrons. The molecule has 2 rings (SSSR count). The highest BCUT2D eigenvalue weighted by Gasteiger charge is 2.43. The van der Waals surface area contributed by atoms with Gasteiger partial charge < -0.3 is 14.4 Å². The minimum atomic E-state index is -0.478. The van der Waals surface area contributed by atoms with Crippen molar-refractivity contribution in [1.82, 2.24) is 4.90 Å². The number of aldehydes is 1. The van der Waals surface area contributed by atoms with E-state index in [1.54, 1.807) is 0 Å². The van der Waals surface area contributed by atoms with Gasteiger partial charge in [0.05, 0.1) is 0 Å². The molecule has 0 bridgehead atoms. The Morgan fingerprint density at radius 2 is 1.95 bits per heavy atom. The Kier molecular flexibility index (Phi) is 4.16. The lowest BCUT2D eigenvalue weighted by molar-refractivity contribution is -0.109. The molecule has 0 N–H and O–H groups in total. The molecule has 2 aliphatic rings. The van der Waals surface area contributed by atoms with Crippen LogP contribution in [0.15, 0.2) is 0 Å². The summed E-state index contributed by atoms with van der Waals surface area (Å²) in [4.78, 5) is 25.2. The zero-order valence-electron chi connectivity index (χ0n) is 12.2. The Bertz CT molecular complexity index is 340. The maximum atomic E-state index is 12.4. The predicted octanol–water partition coefficient (Wildman–Crippen LogP) is 3.14. The quantitative estimate of drug-likeness (QED) is 0.719. The lowest BCUT2D eigenvalue weighted by Crippen LogP contribution is -2.52. The summed E-state index contributed by atoms with van der Waals surface area (Å²) >= 11 is 0. The van der Waals surface area contributed by atoms with Gasteiger partial charge in [0.25, 0.3) is 0 Å². The summed E-state index contributed by atoms with van der Waals surface area (Å²) in [5, 5.41) is 0. The van der Waals surface area contributed by atoms with E-state index >= 15 is 0 Å². The van der Waals surface area contributed by atoms with Crippen LogP contribution in [0.5, 0.6) is 0 Å². The van der Waals surface area contributed by atoms with E-state index in [2.05, 4.69) is 0 Å². The van der Waals surface area contributed by atoms with Crippen molar-refractivity contribution in [3.8, 4) is 0 Å². The first kappa shape index (κ1) is 14.4. The zero-order valence-corrected chi connectivity index (χ0v) is 12.2. The third-order valence-electron chi connectivity index (χ3n) is 3.93. The SMILES string of the molecule is CC(C)(C)OC(=O)N(C1CCC1)C(CC=O)C1CC1. The molecule has 0 aromatic carbocycles. The zero-order chi connectivity index (χ0) is 14.0. The third-order valence-corrected chi connectivity index (χ3v) is 3.93. The molecule has 2 aliphatic carbocycles. The minimum Gasteiger partial charge on any atom is -0.444 e. The van der Waals surface area contributed by atoms with Crippen LogP contribution in [0.1, 0.15) is 59.3 Å². The molecule has 1 unspecified atom stereocenters. The smallest absolute Gasteiger partial charge is 0.410 e. The standard InChI is InChI=1S/C15H25NO3/c1-15(2,3)19-14(18)16(12-5-4-6-12)13(9-10-17)11-7-8-11/h10-13H,4-9H2,1-3H3. The van der Waals surface area contributed by atoms with Crippen molar-refractivity contribution in [2.24, 2.45) is 5.92 Å². The Morgan fingerprint density at radius 1 is 1.32 bits per heavy atom. The van der Waals surface area contributed by atoms with E-state index in [1.165, 1.54) is 6.42 Å². The first-order valence-electron chi connectivity index (χ1n) is 7.37. The van der Waals surface area contributed by atoms with Crippen LogP contribution in [0, 0.1) is 5.92 Å². The van der Waals surface area contributed by atoms with Gasteiger partial charge in [0.1, 0.15) is 11.9 Å². The lowest BCUT2D eigenvalue weighted by Gasteiger charge is -2.42. The predicted molar refractivity (Wildman–Crippen MR) is 72.9 cm³/mol. The summed E-state index contributed by atoms with van der Waals surface area (Å²) in [5.74, 6) is 0.498. The van der Waals surface area contributed by atoms with Gasteiger partial charge in [0.2, 0.25) is 0 Å². The molecule has 0 spiro atoms. The maximum Gasteiger partial charge on any atom is 0.410 e. The van der Waals surface area contributed by atoms with Gasteiger partial charge in [-0.15, -0.1) is 0 Å². The Hall–Kier alpha value is -1.06. The summed E-state index contributed by atoms with van der Waals surface area (Å²) in [7, 11) is 0. The van der Waals surface area contributed by atoms with Crippen molar-refractivity contribution in [3.05, 3.63) is 0 Å². The van der Waals surface area contributed by atoms with Crippen LogP contribution in [0.3, 0.4) is 0 Å². The van der Waals surface area contributed by atoms with Gasteiger partial charge in [-0.1, -0.05) is 0 Å². The van der Waals surface area contributed by atoms with Crippen LogP contribution < -0.4 is 0 Å². The second-order valence-electron chi connectivity index (χ2n) is 6.78. The number of carbonyl (C=O) groups excluding carboxylic acids is 2. The molecule has 0 aliphatic heterocycles. The third kappa shape index (κ3) is 3.71. The molecule has 0 heterocycles. The van der Waals surface area contributed by atoms with Crippen molar-refractivity contribution in [2.75, 3.05) is 0 Å². The molecule has 2 fully saturated rings. The summed E-state index contributed by atoms with van der Waals surface area (Å²) in [6.07, 6.45) is 6.66. The van der Waals surface area contributed by atoms with Crippen molar-refractivity contribution in [3.63, 3.8) is 0 Å². The highest BCUT2D eigenvalue weighted by Crippen LogP contribution is 2.40. The second kappa shape index (κ2) is 5.51. The molecule has 1 atom stereocenters. The number of ether oxygens (including phenoxy) is 1. The number of rotatable bonds is 5. The number of hydrogen-bond donors (Lipinski definition) is 0. The van der Waals surface area contributed by atoms with Gasteiger partial charge in [0, 0.05) is 18.5 Å². The van der Waals surface area contributed by atoms with Gasteiger partial charge in [-0.3, -0.25) is 0 Å².